The molecule has 1 atom stereocenters. The Morgan fingerprint density at radius 3 is 1.97 bits per heavy atom. The fourth-order valence-electron chi connectivity index (χ4n) is 3.60. The summed E-state index contributed by atoms with van der Waals surface area (Å²) in [5.41, 5.74) is 4.89. The van der Waals surface area contributed by atoms with Crippen molar-refractivity contribution >= 4 is 11.7 Å². The molecule has 3 nitrogen and oxygen atoms in total. The quantitative estimate of drug-likeness (QED) is 0.425. The van der Waals surface area contributed by atoms with E-state index in [9.17, 15) is 4.79 Å². The summed E-state index contributed by atoms with van der Waals surface area (Å²) in [6.45, 7) is 3.77. The highest BCUT2D eigenvalue weighted by molar-refractivity contribution is 5.70. The van der Waals surface area contributed by atoms with Crippen molar-refractivity contribution in [2.24, 2.45) is 0 Å². The van der Waals surface area contributed by atoms with Crippen molar-refractivity contribution in [2.45, 2.75) is 38.8 Å². The summed E-state index contributed by atoms with van der Waals surface area (Å²) in [6.07, 6.45) is 1.31. The number of hydrogen-bond acceptors (Lipinski definition) is 3. The largest absolute Gasteiger partial charge is 0.469 e. The van der Waals surface area contributed by atoms with E-state index in [0.717, 1.165) is 19.5 Å². The van der Waals surface area contributed by atoms with E-state index in [0.29, 0.717) is 6.42 Å². The summed E-state index contributed by atoms with van der Waals surface area (Å²) in [6, 6.07) is 29.6. The molecule has 29 heavy (non-hydrogen) atoms. The van der Waals surface area contributed by atoms with Gasteiger partial charge >= 0.3 is 5.97 Å². The molecule has 0 amide bonds. The number of hydrogen-bond donors (Lipinski definition) is 0. The van der Waals surface area contributed by atoms with Gasteiger partial charge in [0.1, 0.15) is 0 Å². The zero-order valence-corrected chi connectivity index (χ0v) is 17.3. The summed E-state index contributed by atoms with van der Waals surface area (Å²) in [7, 11) is 1.45. The van der Waals surface area contributed by atoms with E-state index < -0.39 is 0 Å². The molecule has 3 aromatic carbocycles. The zero-order chi connectivity index (χ0) is 20.5. The Hall–Kier alpha value is -3.07. The molecular weight excluding hydrogens is 358 g/mol. The fourth-order valence-corrected chi connectivity index (χ4v) is 3.60. The monoisotopic (exact) mass is 387 g/mol. The van der Waals surface area contributed by atoms with E-state index in [1.165, 1.54) is 29.5 Å². The van der Waals surface area contributed by atoms with E-state index in [1.807, 2.05) is 12.1 Å². The molecule has 0 bridgehead atoms. The Labute approximate surface area is 174 Å². The third-order valence-electron chi connectivity index (χ3n) is 5.27. The lowest BCUT2D eigenvalue weighted by Gasteiger charge is -2.27. The SMILES string of the molecule is CC[C@@H](CC(=O)OC)c1cccc(N(Cc2ccccc2)Cc2ccccc2)c1. The van der Waals surface area contributed by atoms with Crippen LogP contribution >= 0.6 is 0 Å². The van der Waals surface area contributed by atoms with Crippen molar-refractivity contribution < 1.29 is 9.53 Å². The lowest BCUT2D eigenvalue weighted by molar-refractivity contribution is -0.141. The van der Waals surface area contributed by atoms with Gasteiger partial charge in [-0.15, -0.1) is 0 Å². The standard InChI is InChI=1S/C26H29NO2/c1-3-23(18-26(28)29-2)24-15-10-16-25(17-24)27(19-21-11-6-4-7-12-21)20-22-13-8-5-9-14-22/h4-17,23H,3,18-20H2,1-2H3/t23-/m0/s1. The third kappa shape index (κ3) is 5.95. The van der Waals surface area contributed by atoms with Gasteiger partial charge in [-0.2, -0.15) is 0 Å². The molecule has 3 aromatic rings. The van der Waals surface area contributed by atoms with E-state index >= 15 is 0 Å². The molecule has 0 aliphatic carbocycles. The number of benzene rings is 3. The van der Waals surface area contributed by atoms with Gasteiger partial charge in [0.15, 0.2) is 0 Å². The second-order valence-electron chi connectivity index (χ2n) is 7.31. The molecule has 0 N–H and O–H groups in total. The number of esters is 1. The first-order chi connectivity index (χ1) is 14.2. The van der Waals surface area contributed by atoms with Crippen LogP contribution in [-0.2, 0) is 22.6 Å². The number of methoxy groups -OCH3 is 1. The first kappa shape index (κ1) is 20.7. The average molecular weight is 388 g/mol. The normalized spacial score (nSPS) is 11.7. The number of carbonyl (C=O) groups excluding carboxylic acids is 1. The van der Waals surface area contributed by atoms with Crippen LogP contribution in [0.15, 0.2) is 84.9 Å². The zero-order valence-electron chi connectivity index (χ0n) is 17.3. The highest BCUT2D eigenvalue weighted by atomic mass is 16.5. The van der Waals surface area contributed by atoms with Gasteiger partial charge in [-0.1, -0.05) is 79.7 Å². The maximum absolute atomic E-state index is 11.8. The molecule has 0 saturated heterocycles. The predicted octanol–water partition coefficient (Wildman–Crippen LogP) is 5.95. The summed E-state index contributed by atoms with van der Waals surface area (Å²) in [4.78, 5) is 14.2. The molecule has 0 spiro atoms. The predicted molar refractivity (Wildman–Crippen MR) is 119 cm³/mol. The van der Waals surface area contributed by atoms with Crippen LogP contribution in [0.4, 0.5) is 5.69 Å². The molecule has 150 valence electrons. The first-order valence-electron chi connectivity index (χ1n) is 10.2. The van der Waals surface area contributed by atoms with Crippen LogP contribution in [0.25, 0.3) is 0 Å². The summed E-state index contributed by atoms with van der Waals surface area (Å²) < 4.78 is 4.89. The Kier molecular flexibility index (Phi) is 7.46. The van der Waals surface area contributed by atoms with Gasteiger partial charge in [-0.3, -0.25) is 4.79 Å². The van der Waals surface area contributed by atoms with E-state index in [-0.39, 0.29) is 11.9 Å². The molecule has 3 rings (SSSR count). The minimum atomic E-state index is -0.160. The number of nitrogens with zero attached hydrogens (tertiary/aromatic N) is 1. The Morgan fingerprint density at radius 1 is 0.862 bits per heavy atom. The van der Waals surface area contributed by atoms with Gasteiger partial charge in [0.2, 0.25) is 0 Å². The van der Waals surface area contributed by atoms with Crippen molar-refractivity contribution in [3.8, 4) is 0 Å². The highest BCUT2D eigenvalue weighted by Gasteiger charge is 2.17. The Morgan fingerprint density at radius 2 is 1.45 bits per heavy atom. The Balaban J connectivity index is 1.89. The van der Waals surface area contributed by atoms with Crippen LogP contribution < -0.4 is 4.90 Å². The molecule has 0 aliphatic rings. The van der Waals surface area contributed by atoms with Gasteiger partial charge < -0.3 is 9.64 Å². The van der Waals surface area contributed by atoms with Gasteiger partial charge in [-0.25, -0.2) is 0 Å². The topological polar surface area (TPSA) is 29.5 Å². The van der Waals surface area contributed by atoms with E-state index in [4.69, 9.17) is 4.74 Å². The molecule has 0 radical (unpaired) electrons. The number of rotatable bonds is 9. The summed E-state index contributed by atoms with van der Waals surface area (Å²) >= 11 is 0. The minimum absolute atomic E-state index is 0.160. The van der Waals surface area contributed by atoms with Crippen LogP contribution in [-0.4, -0.2) is 13.1 Å². The van der Waals surface area contributed by atoms with Gasteiger partial charge in [0.05, 0.1) is 13.5 Å². The first-order valence-corrected chi connectivity index (χ1v) is 10.2. The second kappa shape index (κ2) is 10.5. The van der Waals surface area contributed by atoms with E-state index in [2.05, 4.69) is 84.6 Å². The molecule has 0 unspecified atom stereocenters. The van der Waals surface area contributed by atoms with Crippen molar-refractivity contribution in [1.82, 2.24) is 0 Å². The number of anilines is 1. The number of ether oxygens (including phenoxy) is 1. The van der Waals surface area contributed by atoms with Crippen LogP contribution in [0.5, 0.6) is 0 Å². The van der Waals surface area contributed by atoms with Crippen LogP contribution in [0.3, 0.4) is 0 Å². The average Bonchev–Trinajstić information content (AvgIpc) is 2.78. The molecule has 0 aliphatic heterocycles. The Bertz CT molecular complexity index is 851. The smallest absolute Gasteiger partial charge is 0.306 e. The summed E-state index contributed by atoms with van der Waals surface area (Å²) in [5.74, 6) is 0.00498. The lowest BCUT2D eigenvalue weighted by atomic mass is 9.92. The van der Waals surface area contributed by atoms with E-state index in [1.54, 1.807) is 0 Å². The molecule has 0 fully saturated rings. The summed E-state index contributed by atoms with van der Waals surface area (Å²) in [5, 5.41) is 0. The second-order valence-corrected chi connectivity index (χ2v) is 7.31. The molecule has 3 heteroatoms. The molecule has 0 saturated carbocycles. The molecule has 0 aromatic heterocycles. The third-order valence-corrected chi connectivity index (χ3v) is 5.27. The van der Waals surface area contributed by atoms with Crippen LogP contribution in [0.1, 0.15) is 42.4 Å². The van der Waals surface area contributed by atoms with Gasteiger partial charge in [-0.05, 0) is 41.2 Å². The van der Waals surface area contributed by atoms with Gasteiger partial charge in [0, 0.05) is 18.8 Å². The molecule has 0 heterocycles. The number of carbonyl (C=O) groups is 1. The van der Waals surface area contributed by atoms with Crippen molar-refractivity contribution in [3.05, 3.63) is 102 Å². The van der Waals surface area contributed by atoms with Crippen LogP contribution in [0, 0.1) is 0 Å². The maximum Gasteiger partial charge on any atom is 0.306 e. The van der Waals surface area contributed by atoms with Crippen LogP contribution in [0.2, 0.25) is 0 Å². The van der Waals surface area contributed by atoms with Crippen molar-refractivity contribution in [3.63, 3.8) is 0 Å². The molecular formula is C26H29NO2. The van der Waals surface area contributed by atoms with Gasteiger partial charge in [0.25, 0.3) is 0 Å². The highest BCUT2D eigenvalue weighted by Crippen LogP contribution is 2.29. The fraction of sp³-hybridized carbons (Fsp3) is 0.269. The maximum atomic E-state index is 11.8. The minimum Gasteiger partial charge on any atom is -0.469 e. The van der Waals surface area contributed by atoms with Crippen molar-refractivity contribution in [2.75, 3.05) is 12.0 Å². The van der Waals surface area contributed by atoms with Crippen molar-refractivity contribution in [1.29, 1.82) is 0 Å². The lowest BCUT2D eigenvalue weighted by Crippen LogP contribution is -2.22.